The Balaban J connectivity index is 1.23. The lowest BCUT2D eigenvalue weighted by Crippen LogP contribution is -2.67. The van der Waals surface area contributed by atoms with Crippen molar-refractivity contribution in [1.29, 1.82) is 0 Å². The second kappa shape index (κ2) is 6.67. The van der Waals surface area contributed by atoms with Crippen molar-refractivity contribution < 1.29 is 28.6 Å². The molecule has 2 unspecified atom stereocenters. The third kappa shape index (κ3) is 3.07. The maximum Gasteiger partial charge on any atom is 0.334 e. The van der Waals surface area contributed by atoms with E-state index in [0.29, 0.717) is 12.4 Å². The van der Waals surface area contributed by atoms with Gasteiger partial charge in [0.05, 0.1) is 25.4 Å². The number of amides is 1. The summed E-state index contributed by atoms with van der Waals surface area (Å²) in [5.74, 6) is 0.679. The highest BCUT2D eigenvalue weighted by Crippen LogP contribution is 2.65. The predicted molar refractivity (Wildman–Crippen MR) is 109 cm³/mol. The summed E-state index contributed by atoms with van der Waals surface area (Å²) in [7, 11) is 0. The van der Waals surface area contributed by atoms with Crippen LogP contribution in [0.4, 0.5) is 4.39 Å². The van der Waals surface area contributed by atoms with E-state index in [1.54, 1.807) is 6.07 Å². The van der Waals surface area contributed by atoms with Gasteiger partial charge in [0.1, 0.15) is 11.6 Å². The van der Waals surface area contributed by atoms with Gasteiger partial charge in [-0.15, -0.1) is 0 Å². The Labute approximate surface area is 180 Å². The van der Waals surface area contributed by atoms with Gasteiger partial charge in [-0.1, -0.05) is 0 Å². The van der Waals surface area contributed by atoms with Crippen LogP contribution < -0.4 is 10.1 Å². The molecule has 2 atom stereocenters. The van der Waals surface area contributed by atoms with Crippen LogP contribution in [0.15, 0.2) is 12.1 Å². The van der Waals surface area contributed by atoms with E-state index in [1.165, 1.54) is 38.2 Å². The molecule has 4 bridgehead atoms. The second-order valence-electron chi connectivity index (χ2n) is 10.7. The topological polar surface area (TPSA) is 84.9 Å². The molecule has 1 aliphatic heterocycles. The van der Waals surface area contributed by atoms with Crippen LogP contribution in [0.25, 0.3) is 0 Å². The number of carboxylic acids is 1. The lowest BCUT2D eigenvalue weighted by molar-refractivity contribution is -0.164. The Bertz CT molecular complexity index is 940. The smallest absolute Gasteiger partial charge is 0.334 e. The maximum atomic E-state index is 15.0. The number of aliphatic carboxylic acids is 1. The quantitative estimate of drug-likeness (QED) is 0.693. The summed E-state index contributed by atoms with van der Waals surface area (Å²) in [6, 6.07) is 2.91. The fraction of sp³-hybridized carbons (Fsp3) is 0.667. The monoisotopic (exact) mass is 429 g/mol. The average Bonchev–Trinajstić information content (AvgIpc) is 3.46. The first kappa shape index (κ1) is 19.5. The minimum absolute atomic E-state index is 0.113. The van der Waals surface area contributed by atoms with Gasteiger partial charge in [0.25, 0.3) is 5.91 Å². The fourth-order valence-electron chi connectivity index (χ4n) is 6.85. The zero-order chi connectivity index (χ0) is 21.4. The van der Waals surface area contributed by atoms with Crippen LogP contribution in [0.3, 0.4) is 0 Å². The van der Waals surface area contributed by atoms with E-state index in [9.17, 15) is 19.1 Å². The molecule has 5 saturated carbocycles. The van der Waals surface area contributed by atoms with Crippen molar-refractivity contribution >= 4 is 11.9 Å². The van der Waals surface area contributed by atoms with Crippen molar-refractivity contribution in [2.45, 2.75) is 56.4 Å². The summed E-state index contributed by atoms with van der Waals surface area (Å²) < 4.78 is 26.2. The van der Waals surface area contributed by atoms with Gasteiger partial charge in [-0.25, -0.2) is 9.18 Å². The van der Waals surface area contributed by atoms with Gasteiger partial charge < -0.3 is 19.9 Å². The summed E-state index contributed by atoms with van der Waals surface area (Å²) >= 11 is 0. The number of carbonyl (C=O) groups is 2. The number of carboxylic acid groups (broad SMARTS) is 1. The summed E-state index contributed by atoms with van der Waals surface area (Å²) in [5, 5.41) is 11.9. The molecule has 5 aliphatic carbocycles. The summed E-state index contributed by atoms with van der Waals surface area (Å²) in [6.45, 7) is 0.407. The summed E-state index contributed by atoms with van der Waals surface area (Å²) in [6.07, 6.45) is 8.45. The molecule has 6 fully saturated rings. The number of nitrogens with one attached hydrogen (secondary N) is 1. The predicted octanol–water partition coefficient (Wildman–Crippen LogP) is 3.49. The standard InChI is InChI=1S/C24H28FNO5/c25-19-7-20(31-10-23-8-13-3-14(9-23)5-16(23)4-13)17(15-1-2-15)6-18(19)21(27)26-24(22(28)29)11-30-12-24/h6-7,13-16H,1-5,8-12H2,(H,26,27)(H,28,29). The third-order valence-corrected chi connectivity index (χ3v) is 8.49. The molecular formula is C24H28FNO5. The van der Waals surface area contributed by atoms with Gasteiger partial charge >= 0.3 is 5.97 Å². The summed E-state index contributed by atoms with van der Waals surface area (Å²) in [5.41, 5.74) is -0.479. The first-order valence-corrected chi connectivity index (χ1v) is 11.5. The lowest BCUT2D eigenvalue weighted by atomic mass is 9.76. The van der Waals surface area contributed by atoms with Crippen molar-refractivity contribution in [1.82, 2.24) is 5.32 Å². The Morgan fingerprint density at radius 1 is 1.16 bits per heavy atom. The number of carbonyl (C=O) groups excluding carboxylic acids is 1. The molecule has 166 valence electrons. The Morgan fingerprint density at radius 3 is 2.45 bits per heavy atom. The Kier molecular flexibility index (Phi) is 4.20. The third-order valence-electron chi connectivity index (χ3n) is 8.49. The molecule has 7 heteroatoms. The van der Waals surface area contributed by atoms with Gasteiger partial charge in [0.15, 0.2) is 5.54 Å². The molecule has 0 spiro atoms. The van der Waals surface area contributed by atoms with Gasteiger partial charge in [0.2, 0.25) is 0 Å². The number of rotatable bonds is 7. The van der Waals surface area contributed by atoms with Crippen molar-refractivity contribution in [3.63, 3.8) is 0 Å². The van der Waals surface area contributed by atoms with Crippen LogP contribution in [-0.2, 0) is 9.53 Å². The number of halogens is 1. The van der Waals surface area contributed by atoms with Gasteiger partial charge in [0, 0.05) is 11.5 Å². The highest BCUT2D eigenvalue weighted by Gasteiger charge is 2.58. The van der Waals surface area contributed by atoms with Crippen LogP contribution >= 0.6 is 0 Å². The van der Waals surface area contributed by atoms with Gasteiger partial charge in [-0.2, -0.15) is 0 Å². The minimum Gasteiger partial charge on any atom is -0.493 e. The molecule has 0 radical (unpaired) electrons. The van der Waals surface area contributed by atoms with Crippen molar-refractivity contribution in [2.24, 2.45) is 23.2 Å². The molecule has 1 aromatic carbocycles. The molecular weight excluding hydrogens is 401 g/mol. The number of ether oxygens (including phenoxy) is 2. The number of hydrogen-bond donors (Lipinski definition) is 2. The molecule has 2 N–H and O–H groups in total. The SMILES string of the molecule is O=C(NC1(C(=O)O)COC1)c1cc(C2CC2)c(OCC23CC4CC(CC2C4)C3)cc1F. The first-order valence-electron chi connectivity index (χ1n) is 11.5. The number of benzene rings is 1. The highest BCUT2D eigenvalue weighted by molar-refractivity contribution is 5.98. The normalized spacial score (nSPS) is 34.4. The number of hydrogen-bond acceptors (Lipinski definition) is 4. The zero-order valence-electron chi connectivity index (χ0n) is 17.5. The van der Waals surface area contributed by atoms with Crippen molar-refractivity contribution in [3.05, 3.63) is 29.1 Å². The first-order chi connectivity index (χ1) is 14.9. The van der Waals surface area contributed by atoms with E-state index in [2.05, 4.69) is 5.32 Å². The minimum atomic E-state index is -1.47. The van der Waals surface area contributed by atoms with Crippen LogP contribution in [0.1, 0.15) is 66.8 Å². The highest BCUT2D eigenvalue weighted by atomic mass is 19.1. The van der Waals surface area contributed by atoms with E-state index in [1.807, 2.05) is 0 Å². The van der Waals surface area contributed by atoms with Gasteiger partial charge in [-0.05, 0) is 80.2 Å². The molecule has 1 heterocycles. The summed E-state index contributed by atoms with van der Waals surface area (Å²) in [4.78, 5) is 24.2. The van der Waals surface area contributed by atoms with E-state index in [0.717, 1.165) is 36.2 Å². The van der Waals surface area contributed by atoms with Crippen LogP contribution in [0.5, 0.6) is 5.75 Å². The second-order valence-corrected chi connectivity index (χ2v) is 10.7. The van der Waals surface area contributed by atoms with Crippen LogP contribution in [0.2, 0.25) is 0 Å². The molecule has 7 rings (SSSR count). The molecule has 0 aromatic heterocycles. The molecule has 31 heavy (non-hydrogen) atoms. The van der Waals surface area contributed by atoms with Crippen molar-refractivity contribution in [3.8, 4) is 5.75 Å². The molecule has 1 amide bonds. The lowest BCUT2D eigenvalue weighted by Gasteiger charge is -2.37. The fourth-order valence-corrected chi connectivity index (χ4v) is 6.85. The van der Waals surface area contributed by atoms with E-state index >= 15 is 0 Å². The van der Waals surface area contributed by atoms with Gasteiger partial charge in [-0.3, -0.25) is 4.79 Å². The average molecular weight is 429 g/mol. The molecule has 1 aromatic rings. The van der Waals surface area contributed by atoms with Crippen LogP contribution in [0, 0.1) is 29.0 Å². The molecule has 6 nitrogen and oxygen atoms in total. The largest absolute Gasteiger partial charge is 0.493 e. The Morgan fingerprint density at radius 2 is 1.87 bits per heavy atom. The zero-order valence-corrected chi connectivity index (χ0v) is 17.5. The van der Waals surface area contributed by atoms with E-state index < -0.39 is 23.2 Å². The van der Waals surface area contributed by atoms with E-state index in [4.69, 9.17) is 9.47 Å². The van der Waals surface area contributed by atoms with E-state index in [-0.39, 0.29) is 30.1 Å². The van der Waals surface area contributed by atoms with Crippen molar-refractivity contribution in [2.75, 3.05) is 19.8 Å². The Hall–Kier alpha value is -2.15. The van der Waals surface area contributed by atoms with Crippen LogP contribution in [-0.4, -0.2) is 42.3 Å². The molecule has 1 saturated heterocycles. The maximum absolute atomic E-state index is 15.0. The molecule has 6 aliphatic rings.